The lowest BCUT2D eigenvalue weighted by molar-refractivity contribution is -0.143. The van der Waals surface area contributed by atoms with Crippen LogP contribution in [0.2, 0.25) is 0 Å². The topological polar surface area (TPSA) is 57.6 Å². The Bertz CT molecular complexity index is 315. The SMILES string of the molecule is CCCCCCCC(CCCC(=O)N(C)CC(=O)O)C(C)C. The predicted octanol–water partition coefficient (Wildman–Crippen LogP) is 4.33. The number of unbranched alkanes of at least 4 members (excludes halogenated alkanes) is 4. The summed E-state index contributed by atoms with van der Waals surface area (Å²) in [7, 11) is 1.56. The van der Waals surface area contributed by atoms with Crippen molar-refractivity contribution in [2.75, 3.05) is 13.6 Å². The Hall–Kier alpha value is -1.06. The zero-order valence-electron chi connectivity index (χ0n) is 14.9. The van der Waals surface area contributed by atoms with Crippen molar-refractivity contribution in [1.82, 2.24) is 4.90 Å². The molecule has 4 heteroatoms. The number of aliphatic carboxylic acids is 1. The molecule has 0 aliphatic rings. The van der Waals surface area contributed by atoms with Crippen LogP contribution < -0.4 is 0 Å². The minimum Gasteiger partial charge on any atom is -0.480 e. The Kier molecular flexibility index (Phi) is 11.9. The largest absolute Gasteiger partial charge is 0.480 e. The van der Waals surface area contributed by atoms with Gasteiger partial charge in [0, 0.05) is 13.5 Å². The highest BCUT2D eigenvalue weighted by atomic mass is 16.4. The zero-order valence-corrected chi connectivity index (χ0v) is 14.9. The third-order valence-corrected chi connectivity index (χ3v) is 4.39. The number of nitrogens with zero attached hydrogens (tertiary/aromatic N) is 1. The molecule has 0 saturated carbocycles. The molecule has 0 fully saturated rings. The third kappa shape index (κ3) is 10.6. The number of amides is 1. The number of hydrogen-bond acceptors (Lipinski definition) is 2. The quantitative estimate of drug-likeness (QED) is 0.515. The fourth-order valence-corrected chi connectivity index (χ4v) is 2.82. The first-order valence-corrected chi connectivity index (χ1v) is 8.84. The monoisotopic (exact) mass is 313 g/mol. The maximum absolute atomic E-state index is 11.8. The van der Waals surface area contributed by atoms with Gasteiger partial charge in [0.1, 0.15) is 6.54 Å². The van der Waals surface area contributed by atoms with E-state index in [9.17, 15) is 9.59 Å². The van der Waals surface area contributed by atoms with E-state index in [0.717, 1.165) is 12.8 Å². The average molecular weight is 313 g/mol. The zero-order chi connectivity index (χ0) is 17.0. The van der Waals surface area contributed by atoms with Crippen LogP contribution >= 0.6 is 0 Å². The van der Waals surface area contributed by atoms with E-state index in [2.05, 4.69) is 20.8 Å². The Morgan fingerprint density at radius 2 is 1.59 bits per heavy atom. The summed E-state index contributed by atoms with van der Waals surface area (Å²) in [5.41, 5.74) is 0. The van der Waals surface area contributed by atoms with Crippen molar-refractivity contribution in [1.29, 1.82) is 0 Å². The standard InChI is InChI=1S/C18H35NO3/c1-5-6-7-8-9-11-16(15(2)3)12-10-13-17(20)19(4)14-18(21)22/h15-16H,5-14H2,1-4H3,(H,21,22). The maximum atomic E-state index is 11.8. The van der Waals surface area contributed by atoms with Crippen LogP contribution in [0.25, 0.3) is 0 Å². The van der Waals surface area contributed by atoms with Crippen molar-refractivity contribution in [3.05, 3.63) is 0 Å². The second-order valence-corrected chi connectivity index (χ2v) is 6.74. The van der Waals surface area contributed by atoms with Gasteiger partial charge in [-0.3, -0.25) is 9.59 Å². The molecular formula is C18H35NO3. The lowest BCUT2D eigenvalue weighted by atomic mass is 9.86. The molecule has 0 aromatic rings. The molecule has 0 aliphatic heterocycles. The van der Waals surface area contributed by atoms with Gasteiger partial charge in [0.05, 0.1) is 0 Å². The van der Waals surface area contributed by atoms with Crippen LogP contribution in [0.4, 0.5) is 0 Å². The number of hydrogen-bond donors (Lipinski definition) is 1. The Morgan fingerprint density at radius 3 is 2.14 bits per heavy atom. The van der Waals surface area contributed by atoms with Gasteiger partial charge >= 0.3 is 5.97 Å². The summed E-state index contributed by atoms with van der Waals surface area (Å²) >= 11 is 0. The Balaban J connectivity index is 3.94. The number of carboxylic acid groups (broad SMARTS) is 1. The van der Waals surface area contributed by atoms with Gasteiger partial charge in [0.2, 0.25) is 5.91 Å². The van der Waals surface area contributed by atoms with Gasteiger partial charge < -0.3 is 10.0 Å². The van der Waals surface area contributed by atoms with Crippen molar-refractivity contribution in [3.63, 3.8) is 0 Å². The fourth-order valence-electron chi connectivity index (χ4n) is 2.82. The first-order valence-electron chi connectivity index (χ1n) is 8.84. The molecule has 130 valence electrons. The fraction of sp³-hybridized carbons (Fsp3) is 0.889. The van der Waals surface area contributed by atoms with E-state index >= 15 is 0 Å². The number of carbonyl (C=O) groups is 2. The van der Waals surface area contributed by atoms with E-state index < -0.39 is 5.97 Å². The highest BCUT2D eigenvalue weighted by Crippen LogP contribution is 2.25. The summed E-state index contributed by atoms with van der Waals surface area (Å²) in [5, 5.41) is 8.68. The Labute approximate surface area is 136 Å². The molecular weight excluding hydrogens is 278 g/mol. The molecule has 4 nitrogen and oxygen atoms in total. The van der Waals surface area contributed by atoms with Crippen molar-refractivity contribution in [3.8, 4) is 0 Å². The van der Waals surface area contributed by atoms with Gasteiger partial charge in [-0.15, -0.1) is 0 Å². The van der Waals surface area contributed by atoms with E-state index in [1.165, 1.54) is 43.4 Å². The van der Waals surface area contributed by atoms with E-state index in [4.69, 9.17) is 5.11 Å². The predicted molar refractivity (Wildman–Crippen MR) is 90.8 cm³/mol. The molecule has 0 aromatic heterocycles. The first kappa shape index (κ1) is 20.9. The van der Waals surface area contributed by atoms with E-state index in [1.54, 1.807) is 7.05 Å². The van der Waals surface area contributed by atoms with Gasteiger partial charge in [-0.05, 0) is 24.7 Å². The van der Waals surface area contributed by atoms with Crippen molar-refractivity contribution >= 4 is 11.9 Å². The van der Waals surface area contributed by atoms with Crippen LogP contribution in [0.1, 0.15) is 78.6 Å². The number of rotatable bonds is 13. The maximum Gasteiger partial charge on any atom is 0.323 e. The summed E-state index contributed by atoms with van der Waals surface area (Å²) in [6, 6.07) is 0. The van der Waals surface area contributed by atoms with Gasteiger partial charge in [0.25, 0.3) is 0 Å². The molecule has 0 aromatic carbocycles. The smallest absolute Gasteiger partial charge is 0.323 e. The lowest BCUT2D eigenvalue weighted by Gasteiger charge is -2.21. The third-order valence-electron chi connectivity index (χ3n) is 4.39. The molecule has 0 radical (unpaired) electrons. The minimum absolute atomic E-state index is 0.0622. The van der Waals surface area contributed by atoms with Gasteiger partial charge in [-0.2, -0.15) is 0 Å². The normalized spacial score (nSPS) is 12.4. The van der Waals surface area contributed by atoms with E-state index in [-0.39, 0.29) is 12.5 Å². The Morgan fingerprint density at radius 1 is 1.00 bits per heavy atom. The van der Waals surface area contributed by atoms with Crippen LogP contribution in [0.3, 0.4) is 0 Å². The molecule has 0 rings (SSSR count). The van der Waals surface area contributed by atoms with Gasteiger partial charge in [0.15, 0.2) is 0 Å². The van der Waals surface area contributed by atoms with Crippen molar-refractivity contribution in [2.45, 2.75) is 78.6 Å². The molecule has 1 unspecified atom stereocenters. The summed E-state index contributed by atoms with van der Waals surface area (Å²) in [6.07, 6.45) is 10.2. The number of likely N-dealkylation sites (N-methyl/N-ethyl adjacent to an activating group) is 1. The first-order chi connectivity index (χ1) is 10.4. The average Bonchev–Trinajstić information content (AvgIpc) is 2.43. The van der Waals surface area contributed by atoms with E-state index in [0.29, 0.717) is 18.3 Å². The minimum atomic E-state index is -0.956. The molecule has 0 spiro atoms. The van der Waals surface area contributed by atoms with Gasteiger partial charge in [-0.25, -0.2) is 0 Å². The van der Waals surface area contributed by atoms with Crippen molar-refractivity contribution in [2.24, 2.45) is 11.8 Å². The van der Waals surface area contributed by atoms with Crippen LogP contribution in [0.5, 0.6) is 0 Å². The summed E-state index contributed by atoms with van der Waals surface area (Å²) in [4.78, 5) is 23.7. The molecule has 0 aliphatic carbocycles. The highest BCUT2D eigenvalue weighted by molar-refractivity contribution is 5.80. The number of carboxylic acids is 1. The summed E-state index contributed by atoms with van der Waals surface area (Å²) in [6.45, 7) is 6.54. The summed E-state index contributed by atoms with van der Waals surface area (Å²) < 4.78 is 0. The molecule has 0 saturated heterocycles. The van der Waals surface area contributed by atoms with Crippen LogP contribution in [-0.2, 0) is 9.59 Å². The molecule has 0 heterocycles. The highest BCUT2D eigenvalue weighted by Gasteiger charge is 2.16. The molecule has 1 N–H and O–H groups in total. The van der Waals surface area contributed by atoms with Crippen LogP contribution in [0, 0.1) is 11.8 Å². The van der Waals surface area contributed by atoms with E-state index in [1.807, 2.05) is 0 Å². The lowest BCUT2D eigenvalue weighted by Crippen LogP contribution is -2.31. The van der Waals surface area contributed by atoms with Crippen LogP contribution in [0.15, 0.2) is 0 Å². The second kappa shape index (κ2) is 12.5. The summed E-state index contributed by atoms with van der Waals surface area (Å²) in [5.74, 6) is 0.313. The number of carbonyl (C=O) groups excluding carboxylic acids is 1. The van der Waals surface area contributed by atoms with Gasteiger partial charge in [-0.1, -0.05) is 59.3 Å². The molecule has 22 heavy (non-hydrogen) atoms. The van der Waals surface area contributed by atoms with Crippen molar-refractivity contribution < 1.29 is 14.7 Å². The second-order valence-electron chi connectivity index (χ2n) is 6.74. The molecule has 0 bridgehead atoms. The molecule has 1 amide bonds. The van der Waals surface area contributed by atoms with Crippen LogP contribution in [-0.4, -0.2) is 35.5 Å². The molecule has 1 atom stereocenters.